The van der Waals surface area contributed by atoms with Gasteiger partial charge in [-0.25, -0.2) is 4.39 Å². The first-order valence-corrected chi connectivity index (χ1v) is 10.6. The van der Waals surface area contributed by atoms with Crippen LogP contribution in [0.5, 0.6) is 0 Å². The molecule has 4 nitrogen and oxygen atoms in total. The van der Waals surface area contributed by atoms with E-state index in [0.717, 1.165) is 43.6 Å². The van der Waals surface area contributed by atoms with Crippen LogP contribution >= 0.6 is 0 Å². The topological polar surface area (TPSA) is 52.6 Å². The first-order valence-electron chi connectivity index (χ1n) is 10.6. The maximum Gasteiger partial charge on any atom is 0.224 e. The summed E-state index contributed by atoms with van der Waals surface area (Å²) in [5.74, 6) is -0.229. The molecule has 1 fully saturated rings. The number of fused-ring (bicyclic) bond motifs is 1. The summed E-state index contributed by atoms with van der Waals surface area (Å²) in [6.07, 6.45) is 5.16. The summed E-state index contributed by atoms with van der Waals surface area (Å²) < 4.78 is 13.1. The highest BCUT2D eigenvalue weighted by molar-refractivity contribution is 5.78. The zero-order valence-electron chi connectivity index (χ0n) is 16.8. The molecule has 1 amide bonds. The minimum Gasteiger partial charge on any atom is -0.385 e. The molecule has 1 saturated heterocycles. The van der Waals surface area contributed by atoms with E-state index in [1.54, 1.807) is 12.1 Å². The Labute approximate surface area is 171 Å². The first-order chi connectivity index (χ1) is 14.0. The van der Waals surface area contributed by atoms with Crippen molar-refractivity contribution in [3.05, 3.63) is 70.5 Å². The van der Waals surface area contributed by atoms with Gasteiger partial charge in [-0.2, -0.15) is 0 Å². The van der Waals surface area contributed by atoms with Crippen molar-refractivity contribution in [2.24, 2.45) is 0 Å². The Morgan fingerprint density at radius 3 is 2.55 bits per heavy atom. The van der Waals surface area contributed by atoms with Crippen molar-refractivity contribution < 1.29 is 14.3 Å². The highest BCUT2D eigenvalue weighted by Crippen LogP contribution is 2.32. The minimum atomic E-state index is -0.888. The Hall–Kier alpha value is -2.24. The summed E-state index contributed by atoms with van der Waals surface area (Å²) in [5, 5.41) is 13.9. The van der Waals surface area contributed by atoms with Gasteiger partial charge in [0.25, 0.3) is 0 Å². The summed E-state index contributed by atoms with van der Waals surface area (Å²) in [7, 11) is 0. The Morgan fingerprint density at radius 1 is 1.07 bits per heavy atom. The number of amides is 1. The number of piperidine rings is 1. The maximum atomic E-state index is 13.1. The summed E-state index contributed by atoms with van der Waals surface area (Å²) in [5.41, 5.74) is 3.81. The van der Waals surface area contributed by atoms with E-state index in [1.165, 1.54) is 29.7 Å². The third-order valence-electron chi connectivity index (χ3n) is 6.34. The maximum absolute atomic E-state index is 13.1. The van der Waals surface area contributed by atoms with Crippen molar-refractivity contribution in [3.63, 3.8) is 0 Å². The van der Waals surface area contributed by atoms with Gasteiger partial charge < -0.3 is 15.3 Å². The van der Waals surface area contributed by atoms with E-state index in [2.05, 4.69) is 28.4 Å². The molecule has 2 aromatic rings. The number of benzene rings is 2. The van der Waals surface area contributed by atoms with Crippen molar-refractivity contribution in [1.29, 1.82) is 0 Å². The monoisotopic (exact) mass is 396 g/mol. The van der Waals surface area contributed by atoms with Gasteiger partial charge in [0, 0.05) is 26.2 Å². The predicted molar refractivity (Wildman–Crippen MR) is 111 cm³/mol. The lowest BCUT2D eigenvalue weighted by Gasteiger charge is -2.38. The number of aryl methyl sites for hydroxylation is 2. The average Bonchev–Trinajstić information content (AvgIpc) is 3.18. The standard InChI is InChI=1S/C24H29FN2O2/c25-22-8-6-21(7-9-22)24(29)10-13-27(14-11-24)15-12-26-23(28)17-18-4-5-19-2-1-3-20(19)16-18/h4-9,16,29H,1-3,10-15,17H2,(H,26,28). The molecule has 1 heterocycles. The fraction of sp³-hybridized carbons (Fsp3) is 0.458. The largest absolute Gasteiger partial charge is 0.385 e. The van der Waals surface area contributed by atoms with Crippen molar-refractivity contribution in [2.45, 2.75) is 44.1 Å². The van der Waals surface area contributed by atoms with Crippen LogP contribution in [0.3, 0.4) is 0 Å². The van der Waals surface area contributed by atoms with Crippen LogP contribution in [-0.2, 0) is 29.7 Å². The zero-order valence-corrected chi connectivity index (χ0v) is 16.8. The van der Waals surface area contributed by atoms with Gasteiger partial charge in [-0.1, -0.05) is 30.3 Å². The molecule has 0 atom stereocenters. The molecule has 0 radical (unpaired) electrons. The second kappa shape index (κ2) is 8.64. The molecule has 2 aliphatic rings. The van der Waals surface area contributed by atoms with Gasteiger partial charge in [-0.15, -0.1) is 0 Å². The molecule has 154 valence electrons. The number of likely N-dealkylation sites (tertiary alicyclic amines) is 1. The van der Waals surface area contributed by atoms with Crippen LogP contribution in [0, 0.1) is 5.82 Å². The van der Waals surface area contributed by atoms with Gasteiger partial charge in [-0.05, 0) is 66.5 Å². The second-order valence-corrected chi connectivity index (χ2v) is 8.36. The first kappa shape index (κ1) is 20.0. The van der Waals surface area contributed by atoms with E-state index in [9.17, 15) is 14.3 Å². The highest BCUT2D eigenvalue weighted by Gasteiger charge is 2.33. The normalized spacial score (nSPS) is 18.4. The van der Waals surface area contributed by atoms with E-state index < -0.39 is 5.60 Å². The molecule has 5 heteroatoms. The lowest BCUT2D eigenvalue weighted by molar-refractivity contribution is -0.120. The lowest BCUT2D eigenvalue weighted by Crippen LogP contribution is -2.45. The number of carbonyl (C=O) groups excluding carboxylic acids is 1. The molecule has 29 heavy (non-hydrogen) atoms. The smallest absolute Gasteiger partial charge is 0.224 e. The van der Waals surface area contributed by atoms with E-state index in [1.807, 2.05) is 0 Å². The molecular weight excluding hydrogens is 367 g/mol. The SMILES string of the molecule is O=C(Cc1ccc2c(c1)CCC2)NCCN1CCC(O)(c2ccc(F)cc2)CC1. The molecule has 4 rings (SSSR count). The molecule has 2 N–H and O–H groups in total. The summed E-state index contributed by atoms with van der Waals surface area (Å²) >= 11 is 0. The van der Waals surface area contributed by atoms with E-state index in [4.69, 9.17) is 0 Å². The third-order valence-corrected chi connectivity index (χ3v) is 6.34. The second-order valence-electron chi connectivity index (χ2n) is 8.36. The quantitative estimate of drug-likeness (QED) is 0.789. The van der Waals surface area contributed by atoms with Gasteiger partial charge in [0.05, 0.1) is 12.0 Å². The van der Waals surface area contributed by atoms with Crippen LogP contribution < -0.4 is 5.32 Å². The Kier molecular flexibility index (Phi) is 5.97. The number of aliphatic hydroxyl groups is 1. The minimum absolute atomic E-state index is 0.0581. The van der Waals surface area contributed by atoms with Gasteiger partial charge in [0.2, 0.25) is 5.91 Å². The van der Waals surface area contributed by atoms with Gasteiger partial charge >= 0.3 is 0 Å². The summed E-state index contributed by atoms with van der Waals surface area (Å²) in [6, 6.07) is 12.6. The number of halogens is 1. The molecule has 0 spiro atoms. The Bertz CT molecular complexity index is 858. The third kappa shape index (κ3) is 4.85. The molecule has 0 aromatic heterocycles. The molecule has 0 saturated carbocycles. The Morgan fingerprint density at radius 2 is 1.79 bits per heavy atom. The fourth-order valence-corrected chi connectivity index (χ4v) is 4.53. The van der Waals surface area contributed by atoms with E-state index >= 15 is 0 Å². The Balaban J connectivity index is 1.19. The molecule has 0 bridgehead atoms. The highest BCUT2D eigenvalue weighted by atomic mass is 19.1. The fourth-order valence-electron chi connectivity index (χ4n) is 4.53. The van der Waals surface area contributed by atoms with Crippen molar-refractivity contribution in [2.75, 3.05) is 26.2 Å². The molecule has 1 aliphatic carbocycles. The molecular formula is C24H29FN2O2. The number of hydrogen-bond donors (Lipinski definition) is 2. The van der Waals surface area contributed by atoms with Crippen LogP contribution in [0.15, 0.2) is 42.5 Å². The number of nitrogens with zero attached hydrogens (tertiary/aromatic N) is 1. The van der Waals surface area contributed by atoms with Crippen LogP contribution in [0.25, 0.3) is 0 Å². The molecule has 2 aromatic carbocycles. The van der Waals surface area contributed by atoms with Crippen LogP contribution in [0.1, 0.15) is 41.5 Å². The van der Waals surface area contributed by atoms with Crippen molar-refractivity contribution in [3.8, 4) is 0 Å². The average molecular weight is 397 g/mol. The van der Waals surface area contributed by atoms with E-state index in [0.29, 0.717) is 25.8 Å². The van der Waals surface area contributed by atoms with Crippen molar-refractivity contribution in [1.82, 2.24) is 10.2 Å². The summed E-state index contributed by atoms with van der Waals surface area (Å²) in [6.45, 7) is 2.90. The van der Waals surface area contributed by atoms with E-state index in [-0.39, 0.29) is 11.7 Å². The van der Waals surface area contributed by atoms with Gasteiger partial charge in [-0.3, -0.25) is 4.79 Å². The lowest BCUT2D eigenvalue weighted by atomic mass is 9.84. The summed E-state index contributed by atoms with van der Waals surface area (Å²) in [4.78, 5) is 14.5. The number of nitrogens with one attached hydrogen (secondary N) is 1. The number of carbonyl (C=O) groups is 1. The van der Waals surface area contributed by atoms with Gasteiger partial charge in [0.1, 0.15) is 5.82 Å². The van der Waals surface area contributed by atoms with Crippen LogP contribution in [0.4, 0.5) is 4.39 Å². The zero-order chi connectivity index (χ0) is 20.3. The molecule has 1 aliphatic heterocycles. The molecule has 0 unspecified atom stereocenters. The van der Waals surface area contributed by atoms with Gasteiger partial charge in [0.15, 0.2) is 0 Å². The van der Waals surface area contributed by atoms with Crippen LogP contribution in [0.2, 0.25) is 0 Å². The number of hydrogen-bond acceptors (Lipinski definition) is 3. The van der Waals surface area contributed by atoms with Crippen molar-refractivity contribution >= 4 is 5.91 Å². The van der Waals surface area contributed by atoms with Crippen LogP contribution in [-0.4, -0.2) is 42.1 Å². The predicted octanol–water partition coefficient (Wildman–Crippen LogP) is 2.96. The number of rotatable bonds is 6.